The lowest BCUT2D eigenvalue weighted by molar-refractivity contribution is 0.141. The van der Waals surface area contributed by atoms with Crippen LogP contribution >= 0.6 is 0 Å². The van der Waals surface area contributed by atoms with Crippen LogP contribution in [0.3, 0.4) is 0 Å². The highest BCUT2D eigenvalue weighted by molar-refractivity contribution is 5.30. The molecule has 102 valence electrons. The van der Waals surface area contributed by atoms with Gasteiger partial charge in [-0.1, -0.05) is 19.1 Å². The van der Waals surface area contributed by atoms with Crippen molar-refractivity contribution in [3.63, 3.8) is 0 Å². The molecule has 0 heterocycles. The summed E-state index contributed by atoms with van der Waals surface area (Å²) in [6, 6.07) is 7.11. The molecule has 0 aliphatic rings. The highest BCUT2D eigenvalue weighted by atomic mass is 19.3. The summed E-state index contributed by atoms with van der Waals surface area (Å²) in [6.45, 7) is 2.57. The zero-order chi connectivity index (χ0) is 13.4. The van der Waals surface area contributed by atoms with Crippen molar-refractivity contribution in [2.75, 3.05) is 19.7 Å². The number of ether oxygens (including phenoxy) is 1. The Morgan fingerprint density at radius 2 is 2.17 bits per heavy atom. The Labute approximate surface area is 106 Å². The highest BCUT2D eigenvalue weighted by Gasteiger charge is 2.12. The zero-order valence-electron chi connectivity index (χ0n) is 10.5. The van der Waals surface area contributed by atoms with Crippen molar-refractivity contribution in [2.45, 2.75) is 25.8 Å². The topological polar surface area (TPSA) is 47.3 Å². The fourth-order valence-electron chi connectivity index (χ4n) is 1.61. The maximum Gasteiger partial charge on any atom is 0.250 e. The molecule has 0 aliphatic carbocycles. The zero-order valence-corrected chi connectivity index (χ0v) is 10.5. The van der Waals surface area contributed by atoms with Crippen molar-refractivity contribution in [2.24, 2.45) is 5.73 Å². The first-order valence-corrected chi connectivity index (χ1v) is 6.11. The van der Waals surface area contributed by atoms with E-state index in [-0.39, 0.29) is 19.1 Å². The third kappa shape index (κ3) is 4.98. The fraction of sp³-hybridized carbons (Fsp3) is 0.538. The van der Waals surface area contributed by atoms with Crippen LogP contribution < -0.4 is 15.8 Å². The lowest BCUT2D eigenvalue weighted by Crippen LogP contribution is -2.31. The number of hydrogen-bond acceptors (Lipinski definition) is 3. The minimum absolute atomic E-state index is 0.268. The van der Waals surface area contributed by atoms with Gasteiger partial charge in [0.25, 0.3) is 6.43 Å². The average Bonchev–Trinajstić information content (AvgIpc) is 2.37. The maximum absolute atomic E-state index is 12.2. The molecule has 0 amide bonds. The third-order valence-corrected chi connectivity index (χ3v) is 2.49. The Bertz CT molecular complexity index is 348. The van der Waals surface area contributed by atoms with E-state index in [1.807, 2.05) is 31.2 Å². The van der Waals surface area contributed by atoms with Gasteiger partial charge in [-0.2, -0.15) is 0 Å². The Hall–Kier alpha value is -1.20. The Morgan fingerprint density at radius 1 is 1.39 bits per heavy atom. The number of rotatable bonds is 8. The number of benzene rings is 1. The third-order valence-electron chi connectivity index (χ3n) is 2.49. The summed E-state index contributed by atoms with van der Waals surface area (Å²) in [6.07, 6.45) is -1.45. The monoisotopic (exact) mass is 258 g/mol. The van der Waals surface area contributed by atoms with Crippen LogP contribution in [-0.4, -0.2) is 26.1 Å². The van der Waals surface area contributed by atoms with E-state index in [1.165, 1.54) is 0 Å². The fourth-order valence-corrected chi connectivity index (χ4v) is 1.61. The summed E-state index contributed by atoms with van der Waals surface area (Å²) < 4.78 is 29.8. The van der Waals surface area contributed by atoms with Crippen LogP contribution in [0.1, 0.15) is 24.9 Å². The second-order valence-corrected chi connectivity index (χ2v) is 4.01. The molecular formula is C13H20F2N2O. The van der Waals surface area contributed by atoms with Gasteiger partial charge in [0, 0.05) is 12.6 Å². The van der Waals surface area contributed by atoms with E-state index in [2.05, 4.69) is 5.32 Å². The van der Waals surface area contributed by atoms with Crippen LogP contribution in [-0.2, 0) is 0 Å². The molecule has 0 aromatic heterocycles. The van der Waals surface area contributed by atoms with Crippen LogP contribution in [0.15, 0.2) is 24.3 Å². The normalized spacial score (nSPS) is 12.7. The van der Waals surface area contributed by atoms with E-state index in [0.717, 1.165) is 17.7 Å². The maximum atomic E-state index is 12.2. The predicted molar refractivity (Wildman–Crippen MR) is 68.0 cm³/mol. The van der Waals surface area contributed by atoms with Gasteiger partial charge in [-0.05, 0) is 24.1 Å². The molecule has 1 rings (SSSR count). The Morgan fingerprint density at radius 3 is 2.78 bits per heavy atom. The van der Waals surface area contributed by atoms with Gasteiger partial charge in [-0.25, -0.2) is 8.78 Å². The van der Waals surface area contributed by atoms with Gasteiger partial charge in [0.05, 0.1) is 13.2 Å². The average molecular weight is 258 g/mol. The van der Waals surface area contributed by atoms with E-state index in [4.69, 9.17) is 10.5 Å². The summed E-state index contributed by atoms with van der Waals surface area (Å²) in [5, 5.41) is 2.74. The first-order chi connectivity index (χ1) is 8.67. The van der Waals surface area contributed by atoms with E-state index >= 15 is 0 Å². The van der Waals surface area contributed by atoms with E-state index in [1.54, 1.807) is 0 Å². The summed E-state index contributed by atoms with van der Waals surface area (Å²) in [7, 11) is 0. The summed E-state index contributed by atoms with van der Waals surface area (Å²) >= 11 is 0. The van der Waals surface area contributed by atoms with E-state index < -0.39 is 6.43 Å². The number of alkyl halides is 2. The standard InChI is InChI=1S/C13H20F2N2O/c1-2-6-18-11-5-3-4-10(7-11)12(8-16)17-9-13(14)15/h3-5,7,12-13,17H,2,6,8-9,16H2,1H3. The van der Waals surface area contributed by atoms with Gasteiger partial charge >= 0.3 is 0 Å². The molecule has 5 heteroatoms. The van der Waals surface area contributed by atoms with Crippen molar-refractivity contribution in [3.8, 4) is 5.75 Å². The summed E-state index contributed by atoms with van der Waals surface area (Å²) in [5.74, 6) is 0.742. The predicted octanol–water partition coefficient (Wildman–Crippen LogP) is 2.33. The second-order valence-electron chi connectivity index (χ2n) is 4.01. The number of nitrogens with two attached hydrogens (primary N) is 1. The molecule has 0 radical (unpaired) electrons. The molecule has 1 aromatic carbocycles. The number of nitrogens with one attached hydrogen (secondary N) is 1. The first-order valence-electron chi connectivity index (χ1n) is 6.11. The Balaban J connectivity index is 2.66. The lowest BCUT2D eigenvalue weighted by Gasteiger charge is -2.18. The molecule has 0 saturated carbocycles. The number of hydrogen-bond donors (Lipinski definition) is 2. The highest BCUT2D eigenvalue weighted by Crippen LogP contribution is 2.19. The molecule has 0 aliphatic heterocycles. The number of halogens is 2. The van der Waals surface area contributed by atoms with Gasteiger partial charge in [-0.3, -0.25) is 0 Å². The van der Waals surface area contributed by atoms with Crippen LogP contribution in [0.5, 0.6) is 5.75 Å². The van der Waals surface area contributed by atoms with Gasteiger partial charge in [0.2, 0.25) is 0 Å². The largest absolute Gasteiger partial charge is 0.494 e. The SMILES string of the molecule is CCCOc1cccc(C(CN)NCC(F)F)c1. The molecular weight excluding hydrogens is 238 g/mol. The van der Waals surface area contributed by atoms with Gasteiger partial charge in [0.15, 0.2) is 0 Å². The lowest BCUT2D eigenvalue weighted by atomic mass is 10.1. The Kier molecular flexibility index (Phi) is 6.60. The van der Waals surface area contributed by atoms with Crippen molar-refractivity contribution in [3.05, 3.63) is 29.8 Å². The van der Waals surface area contributed by atoms with Crippen LogP contribution in [0, 0.1) is 0 Å². The first kappa shape index (κ1) is 14.9. The van der Waals surface area contributed by atoms with Crippen LogP contribution in [0.25, 0.3) is 0 Å². The van der Waals surface area contributed by atoms with Crippen molar-refractivity contribution >= 4 is 0 Å². The van der Waals surface area contributed by atoms with Gasteiger partial charge in [-0.15, -0.1) is 0 Å². The summed E-state index contributed by atoms with van der Waals surface area (Å²) in [4.78, 5) is 0. The molecule has 1 atom stereocenters. The van der Waals surface area contributed by atoms with Crippen LogP contribution in [0.2, 0.25) is 0 Å². The van der Waals surface area contributed by atoms with E-state index in [0.29, 0.717) is 6.61 Å². The van der Waals surface area contributed by atoms with E-state index in [9.17, 15) is 8.78 Å². The van der Waals surface area contributed by atoms with Crippen molar-refractivity contribution in [1.82, 2.24) is 5.32 Å². The molecule has 0 saturated heterocycles. The van der Waals surface area contributed by atoms with Gasteiger partial charge < -0.3 is 15.8 Å². The smallest absolute Gasteiger partial charge is 0.250 e. The molecule has 0 fully saturated rings. The van der Waals surface area contributed by atoms with Crippen LogP contribution in [0.4, 0.5) is 8.78 Å². The molecule has 1 unspecified atom stereocenters. The van der Waals surface area contributed by atoms with Crippen molar-refractivity contribution in [1.29, 1.82) is 0 Å². The second kappa shape index (κ2) is 8.00. The minimum atomic E-state index is -2.38. The minimum Gasteiger partial charge on any atom is -0.494 e. The molecule has 3 nitrogen and oxygen atoms in total. The molecule has 3 N–H and O–H groups in total. The van der Waals surface area contributed by atoms with Crippen molar-refractivity contribution < 1.29 is 13.5 Å². The summed E-state index contributed by atoms with van der Waals surface area (Å²) in [5.41, 5.74) is 6.46. The molecule has 1 aromatic rings. The van der Waals surface area contributed by atoms with Gasteiger partial charge in [0.1, 0.15) is 5.75 Å². The molecule has 0 bridgehead atoms. The molecule has 18 heavy (non-hydrogen) atoms. The molecule has 0 spiro atoms. The quantitative estimate of drug-likeness (QED) is 0.752.